The maximum Gasteiger partial charge on any atom is 0.0648 e. The summed E-state index contributed by atoms with van der Waals surface area (Å²) in [5, 5.41) is 9.19. The van der Waals surface area contributed by atoms with Gasteiger partial charge in [-0.3, -0.25) is 4.90 Å². The highest BCUT2D eigenvalue weighted by Gasteiger charge is 2.13. The Hall–Kier alpha value is -2.89. The Morgan fingerprint density at radius 3 is 2.62 bits per heavy atom. The smallest absolute Gasteiger partial charge is 0.0648 e. The van der Waals surface area contributed by atoms with Crippen LogP contribution in [0.3, 0.4) is 0 Å². The van der Waals surface area contributed by atoms with Crippen molar-refractivity contribution in [2.45, 2.75) is 32.5 Å². The first-order chi connectivity index (χ1) is 14.3. The molecule has 0 bridgehead atoms. The molecule has 0 atom stereocenters. The third kappa shape index (κ3) is 4.26. The van der Waals surface area contributed by atoms with E-state index >= 15 is 0 Å². The second-order valence-corrected chi connectivity index (χ2v) is 7.92. The lowest BCUT2D eigenvalue weighted by Gasteiger charge is -2.12. The van der Waals surface area contributed by atoms with Crippen molar-refractivity contribution in [2.24, 2.45) is 0 Å². The largest absolute Gasteiger partial charge is 0.357 e. The van der Waals surface area contributed by atoms with Crippen molar-refractivity contribution in [3.05, 3.63) is 83.8 Å². The molecule has 1 aliphatic rings. The maximum atomic E-state index is 4.31. The first kappa shape index (κ1) is 18.2. The molecule has 0 amide bonds. The Morgan fingerprint density at radius 1 is 0.931 bits per heavy atom. The molecule has 0 radical (unpaired) electrons. The Balaban J connectivity index is 1.21. The minimum absolute atomic E-state index is 0.834. The number of nitrogens with zero attached hydrogens (tertiary/aromatic N) is 3. The predicted molar refractivity (Wildman–Crippen MR) is 117 cm³/mol. The van der Waals surface area contributed by atoms with Crippen LogP contribution in [0.25, 0.3) is 16.6 Å². The van der Waals surface area contributed by atoms with Gasteiger partial charge < -0.3 is 10.3 Å². The van der Waals surface area contributed by atoms with Crippen molar-refractivity contribution in [1.29, 1.82) is 0 Å². The predicted octanol–water partition coefficient (Wildman–Crippen LogP) is 4.24. The third-order valence-electron chi connectivity index (χ3n) is 5.67. The van der Waals surface area contributed by atoms with Crippen molar-refractivity contribution >= 4 is 10.9 Å². The van der Waals surface area contributed by atoms with Gasteiger partial charge in [-0.05, 0) is 73.5 Å². The zero-order valence-corrected chi connectivity index (χ0v) is 16.6. The van der Waals surface area contributed by atoms with Crippen LogP contribution in [0.15, 0.2) is 67.0 Å². The van der Waals surface area contributed by atoms with Crippen LogP contribution in [0.1, 0.15) is 29.7 Å². The van der Waals surface area contributed by atoms with E-state index in [2.05, 4.69) is 68.8 Å². The molecule has 5 rings (SSSR count). The molecule has 148 valence electrons. The number of benzene rings is 2. The van der Waals surface area contributed by atoms with Crippen molar-refractivity contribution < 1.29 is 0 Å². The summed E-state index contributed by atoms with van der Waals surface area (Å²) < 4.78 is 1.89. The molecule has 1 aliphatic heterocycles. The van der Waals surface area contributed by atoms with Crippen LogP contribution in [0.5, 0.6) is 0 Å². The van der Waals surface area contributed by atoms with Gasteiger partial charge in [0.25, 0.3) is 0 Å². The van der Waals surface area contributed by atoms with Gasteiger partial charge in [-0.15, -0.1) is 0 Å². The number of hydrogen-bond donors (Lipinski definition) is 2. The maximum absolute atomic E-state index is 4.31. The van der Waals surface area contributed by atoms with Crippen LogP contribution in [0.4, 0.5) is 0 Å². The zero-order chi connectivity index (χ0) is 19.5. The molecule has 1 fully saturated rings. The summed E-state index contributed by atoms with van der Waals surface area (Å²) in [6, 6.07) is 19.5. The standard InChI is InChI=1S/C24H27N5/c1-2-11-28(10-1)18-22-15-21-13-20(7-8-24(21)27-22)17-25-16-19-5-3-6-23(14-19)29-12-4-9-26-29/h3-9,12-15,25,27H,1-2,10-11,16-18H2. The van der Waals surface area contributed by atoms with Gasteiger partial charge in [-0.25, -0.2) is 4.68 Å². The molecule has 2 aromatic carbocycles. The van der Waals surface area contributed by atoms with Gasteiger partial charge in [0.1, 0.15) is 0 Å². The molecule has 2 aromatic heterocycles. The Labute approximate surface area is 171 Å². The summed E-state index contributed by atoms with van der Waals surface area (Å²) in [7, 11) is 0. The van der Waals surface area contributed by atoms with E-state index in [9.17, 15) is 0 Å². The highest BCUT2D eigenvalue weighted by atomic mass is 15.3. The number of H-pyrrole nitrogens is 1. The SMILES string of the molecule is c1cc(CNCc2ccc3[nH]c(CN4CCCC4)cc3c2)cc(-n2cccn2)c1. The van der Waals surface area contributed by atoms with E-state index in [0.717, 1.165) is 25.3 Å². The van der Waals surface area contributed by atoms with Gasteiger partial charge in [0.2, 0.25) is 0 Å². The van der Waals surface area contributed by atoms with Crippen LogP contribution in [-0.2, 0) is 19.6 Å². The lowest BCUT2D eigenvalue weighted by molar-refractivity contribution is 0.328. The van der Waals surface area contributed by atoms with Crippen molar-refractivity contribution in [3.63, 3.8) is 0 Å². The van der Waals surface area contributed by atoms with Gasteiger partial charge in [0.15, 0.2) is 0 Å². The number of fused-ring (bicyclic) bond motifs is 1. The molecule has 29 heavy (non-hydrogen) atoms. The Bertz CT molecular complexity index is 1070. The molecule has 5 heteroatoms. The van der Waals surface area contributed by atoms with E-state index in [0.29, 0.717) is 0 Å². The average Bonchev–Trinajstić information content (AvgIpc) is 3.50. The van der Waals surface area contributed by atoms with Gasteiger partial charge in [0, 0.05) is 48.6 Å². The topological polar surface area (TPSA) is 48.9 Å². The molecule has 3 heterocycles. The molecule has 0 spiro atoms. The average molecular weight is 386 g/mol. The lowest BCUT2D eigenvalue weighted by atomic mass is 10.1. The first-order valence-corrected chi connectivity index (χ1v) is 10.5. The number of likely N-dealkylation sites (tertiary alicyclic amines) is 1. The minimum Gasteiger partial charge on any atom is -0.357 e. The van der Waals surface area contributed by atoms with E-state index in [-0.39, 0.29) is 0 Å². The Kier molecular flexibility index (Phi) is 5.15. The highest BCUT2D eigenvalue weighted by molar-refractivity contribution is 5.81. The van der Waals surface area contributed by atoms with E-state index in [4.69, 9.17) is 0 Å². The molecular weight excluding hydrogens is 358 g/mol. The summed E-state index contributed by atoms with van der Waals surface area (Å²) in [4.78, 5) is 6.11. The minimum atomic E-state index is 0.834. The fourth-order valence-electron chi connectivity index (χ4n) is 4.20. The normalized spacial score (nSPS) is 14.8. The number of hydrogen-bond acceptors (Lipinski definition) is 3. The van der Waals surface area contributed by atoms with E-state index in [1.165, 1.54) is 53.7 Å². The third-order valence-corrected chi connectivity index (χ3v) is 5.67. The van der Waals surface area contributed by atoms with Gasteiger partial charge >= 0.3 is 0 Å². The molecule has 4 aromatic rings. The van der Waals surface area contributed by atoms with Crippen LogP contribution < -0.4 is 5.32 Å². The monoisotopic (exact) mass is 385 g/mol. The summed E-state index contributed by atoms with van der Waals surface area (Å²) in [6.07, 6.45) is 6.44. The van der Waals surface area contributed by atoms with Gasteiger partial charge in [0.05, 0.1) is 5.69 Å². The second-order valence-electron chi connectivity index (χ2n) is 7.92. The molecule has 0 saturated carbocycles. The van der Waals surface area contributed by atoms with E-state index < -0.39 is 0 Å². The van der Waals surface area contributed by atoms with Gasteiger partial charge in [-0.2, -0.15) is 5.10 Å². The van der Waals surface area contributed by atoms with Gasteiger partial charge in [-0.1, -0.05) is 18.2 Å². The van der Waals surface area contributed by atoms with Crippen molar-refractivity contribution in [2.75, 3.05) is 13.1 Å². The van der Waals surface area contributed by atoms with Crippen LogP contribution in [-0.4, -0.2) is 32.8 Å². The molecule has 1 saturated heterocycles. The highest BCUT2D eigenvalue weighted by Crippen LogP contribution is 2.20. The molecule has 0 aliphatic carbocycles. The summed E-state index contributed by atoms with van der Waals surface area (Å²) >= 11 is 0. The fourth-order valence-corrected chi connectivity index (χ4v) is 4.20. The quantitative estimate of drug-likeness (QED) is 0.500. The number of rotatable bonds is 7. The molecular formula is C24H27N5. The summed E-state index contributed by atoms with van der Waals surface area (Å²) in [5.74, 6) is 0. The number of aromatic amines is 1. The number of nitrogens with one attached hydrogen (secondary N) is 2. The molecule has 2 N–H and O–H groups in total. The molecule has 0 unspecified atom stereocenters. The van der Waals surface area contributed by atoms with Crippen LogP contribution >= 0.6 is 0 Å². The summed E-state index contributed by atoms with van der Waals surface area (Å²) in [5.41, 5.74) is 6.21. The second kappa shape index (κ2) is 8.23. The zero-order valence-electron chi connectivity index (χ0n) is 16.6. The lowest BCUT2D eigenvalue weighted by Crippen LogP contribution is -2.18. The summed E-state index contributed by atoms with van der Waals surface area (Å²) in [6.45, 7) is 5.18. The fraction of sp³-hybridized carbons (Fsp3) is 0.292. The van der Waals surface area contributed by atoms with E-state index in [1.807, 2.05) is 16.9 Å². The van der Waals surface area contributed by atoms with Crippen molar-refractivity contribution in [3.8, 4) is 5.69 Å². The van der Waals surface area contributed by atoms with Crippen molar-refractivity contribution in [1.82, 2.24) is 25.0 Å². The number of aromatic nitrogens is 3. The molecule has 5 nitrogen and oxygen atoms in total. The van der Waals surface area contributed by atoms with E-state index in [1.54, 1.807) is 6.20 Å². The first-order valence-electron chi connectivity index (χ1n) is 10.5. The van der Waals surface area contributed by atoms with Crippen LogP contribution in [0, 0.1) is 0 Å². The Morgan fingerprint density at radius 2 is 1.79 bits per heavy atom. The van der Waals surface area contributed by atoms with Crippen LogP contribution in [0.2, 0.25) is 0 Å².